The van der Waals surface area contributed by atoms with Gasteiger partial charge in [-0.15, -0.1) is 0 Å². The molecule has 1 unspecified atom stereocenters. The molecule has 1 aromatic rings. The van der Waals surface area contributed by atoms with Crippen LogP contribution in [0.3, 0.4) is 0 Å². The van der Waals surface area contributed by atoms with Gasteiger partial charge >= 0.3 is 0 Å². The van der Waals surface area contributed by atoms with E-state index in [-0.39, 0.29) is 11.8 Å². The number of ether oxygens (including phenoxy) is 1. The molecule has 5 nitrogen and oxygen atoms in total. The summed E-state index contributed by atoms with van der Waals surface area (Å²) in [5.74, 6) is 0.589. The van der Waals surface area contributed by atoms with Crippen molar-refractivity contribution < 1.29 is 9.53 Å². The molecule has 2 N–H and O–H groups in total. The Hall–Kier alpha value is -1.36. The molecule has 0 fully saturated rings. The number of nitrogens with zero attached hydrogens (tertiary/aromatic N) is 2. The van der Waals surface area contributed by atoms with Gasteiger partial charge in [0, 0.05) is 19.5 Å². The average Bonchev–Trinajstić information content (AvgIpc) is 2.58. The van der Waals surface area contributed by atoms with Gasteiger partial charge in [-0.2, -0.15) is 5.10 Å². The molecular weight excluding hydrogens is 206 g/mol. The molecular formula is C11H19N3O2. The first-order valence-electron chi connectivity index (χ1n) is 5.41. The van der Waals surface area contributed by atoms with E-state index in [4.69, 9.17) is 10.5 Å². The number of aryl methyl sites for hydroxylation is 1. The normalized spacial score (nSPS) is 12.5. The predicted octanol–water partition coefficient (Wildman–Crippen LogP) is 1.13. The summed E-state index contributed by atoms with van der Waals surface area (Å²) >= 11 is 0. The van der Waals surface area contributed by atoms with Crippen molar-refractivity contribution in [3.63, 3.8) is 0 Å². The maximum atomic E-state index is 11.9. The van der Waals surface area contributed by atoms with E-state index in [0.717, 1.165) is 12.8 Å². The summed E-state index contributed by atoms with van der Waals surface area (Å²) < 4.78 is 6.63. The maximum absolute atomic E-state index is 11.9. The van der Waals surface area contributed by atoms with Crippen LogP contribution in [0.1, 0.15) is 36.7 Å². The lowest BCUT2D eigenvalue weighted by Gasteiger charge is -2.06. The molecule has 16 heavy (non-hydrogen) atoms. The van der Waals surface area contributed by atoms with Crippen LogP contribution in [0.5, 0.6) is 5.75 Å². The standard InChI is InChI=1S/C11H19N3O2/c1-8(12)5-4-6-9(15)11-10(16-3)7-13-14(11)2/h7-8H,4-6,12H2,1-3H3. The molecule has 1 rings (SSSR count). The third-order valence-corrected chi connectivity index (χ3v) is 2.45. The summed E-state index contributed by atoms with van der Waals surface area (Å²) in [7, 11) is 3.27. The van der Waals surface area contributed by atoms with Gasteiger partial charge in [-0.1, -0.05) is 0 Å². The van der Waals surface area contributed by atoms with Crippen molar-refractivity contribution in [3.8, 4) is 5.75 Å². The number of hydrogen-bond acceptors (Lipinski definition) is 4. The second kappa shape index (κ2) is 5.65. The molecule has 1 atom stereocenters. The van der Waals surface area contributed by atoms with Gasteiger partial charge in [0.1, 0.15) is 5.69 Å². The zero-order valence-corrected chi connectivity index (χ0v) is 10.1. The molecule has 0 amide bonds. The number of nitrogens with two attached hydrogens (primary N) is 1. The van der Waals surface area contributed by atoms with Gasteiger partial charge in [-0.05, 0) is 19.8 Å². The number of hydrogen-bond donors (Lipinski definition) is 1. The van der Waals surface area contributed by atoms with Crippen molar-refractivity contribution in [1.29, 1.82) is 0 Å². The highest BCUT2D eigenvalue weighted by molar-refractivity contribution is 5.96. The van der Waals surface area contributed by atoms with E-state index in [9.17, 15) is 4.79 Å². The summed E-state index contributed by atoms with van der Waals surface area (Å²) in [6, 6.07) is 0.140. The number of carbonyl (C=O) groups excluding carboxylic acids is 1. The highest BCUT2D eigenvalue weighted by Gasteiger charge is 2.16. The first kappa shape index (κ1) is 12.7. The number of rotatable bonds is 6. The molecule has 90 valence electrons. The number of Topliss-reactive ketones (excluding diaryl/α,β-unsaturated/α-hetero) is 1. The largest absolute Gasteiger partial charge is 0.493 e. The summed E-state index contributed by atoms with van der Waals surface area (Å²) in [5.41, 5.74) is 6.16. The molecule has 1 heterocycles. The van der Waals surface area contributed by atoms with E-state index in [1.807, 2.05) is 6.92 Å². The number of methoxy groups -OCH3 is 1. The van der Waals surface area contributed by atoms with Crippen LogP contribution >= 0.6 is 0 Å². The fourth-order valence-corrected chi connectivity index (χ4v) is 1.59. The van der Waals surface area contributed by atoms with Crippen molar-refractivity contribution in [2.45, 2.75) is 32.2 Å². The van der Waals surface area contributed by atoms with Crippen molar-refractivity contribution in [1.82, 2.24) is 9.78 Å². The van der Waals surface area contributed by atoms with Gasteiger partial charge in [0.05, 0.1) is 13.3 Å². The quantitative estimate of drug-likeness (QED) is 0.737. The molecule has 0 aliphatic rings. The molecule has 0 radical (unpaired) electrons. The molecule has 0 spiro atoms. The van der Waals surface area contributed by atoms with Crippen LogP contribution in [0.4, 0.5) is 0 Å². The van der Waals surface area contributed by atoms with Crippen LogP contribution in [0, 0.1) is 0 Å². The second-order valence-corrected chi connectivity index (χ2v) is 3.98. The topological polar surface area (TPSA) is 70.1 Å². The van der Waals surface area contributed by atoms with Gasteiger partial charge in [-0.25, -0.2) is 0 Å². The van der Waals surface area contributed by atoms with Crippen LogP contribution in [-0.4, -0.2) is 28.7 Å². The Bertz CT molecular complexity index is 358. The van der Waals surface area contributed by atoms with E-state index in [1.165, 1.54) is 7.11 Å². The summed E-state index contributed by atoms with van der Waals surface area (Å²) in [6.45, 7) is 1.94. The number of ketones is 1. The number of aromatic nitrogens is 2. The monoisotopic (exact) mass is 225 g/mol. The summed E-state index contributed by atoms with van der Waals surface area (Å²) in [5, 5.41) is 4.00. The van der Waals surface area contributed by atoms with Crippen LogP contribution in [0.25, 0.3) is 0 Å². The summed E-state index contributed by atoms with van der Waals surface area (Å²) in [4.78, 5) is 11.9. The average molecular weight is 225 g/mol. The van der Waals surface area contributed by atoms with Gasteiger partial charge in [0.2, 0.25) is 0 Å². The zero-order chi connectivity index (χ0) is 12.1. The van der Waals surface area contributed by atoms with E-state index in [1.54, 1.807) is 17.9 Å². The Kier molecular flexibility index (Phi) is 4.49. The summed E-state index contributed by atoms with van der Waals surface area (Å²) in [6.07, 6.45) is 3.69. The van der Waals surface area contributed by atoms with Gasteiger partial charge < -0.3 is 10.5 Å². The minimum atomic E-state index is 0.0532. The van der Waals surface area contributed by atoms with Crippen molar-refractivity contribution in [2.24, 2.45) is 12.8 Å². The predicted molar refractivity (Wildman–Crippen MR) is 61.6 cm³/mol. The van der Waals surface area contributed by atoms with Crippen molar-refractivity contribution in [3.05, 3.63) is 11.9 Å². The van der Waals surface area contributed by atoms with Crippen LogP contribution in [0.2, 0.25) is 0 Å². The molecule has 1 aromatic heterocycles. The van der Waals surface area contributed by atoms with E-state index >= 15 is 0 Å². The lowest BCUT2D eigenvalue weighted by atomic mass is 10.1. The van der Waals surface area contributed by atoms with Crippen LogP contribution in [0.15, 0.2) is 6.20 Å². The number of carbonyl (C=O) groups is 1. The molecule has 0 aliphatic heterocycles. The highest BCUT2D eigenvalue weighted by Crippen LogP contribution is 2.19. The fourth-order valence-electron chi connectivity index (χ4n) is 1.59. The maximum Gasteiger partial charge on any atom is 0.184 e. The SMILES string of the molecule is COc1cnn(C)c1C(=O)CCCC(C)N. The first-order chi connectivity index (χ1) is 7.56. The molecule has 5 heteroatoms. The highest BCUT2D eigenvalue weighted by atomic mass is 16.5. The lowest BCUT2D eigenvalue weighted by molar-refractivity contribution is 0.0967. The Morgan fingerprint density at radius 1 is 1.69 bits per heavy atom. The minimum absolute atomic E-state index is 0.0532. The van der Waals surface area contributed by atoms with E-state index in [0.29, 0.717) is 17.9 Å². The Morgan fingerprint density at radius 3 is 2.94 bits per heavy atom. The second-order valence-electron chi connectivity index (χ2n) is 3.98. The smallest absolute Gasteiger partial charge is 0.184 e. The van der Waals surface area contributed by atoms with Crippen LogP contribution < -0.4 is 10.5 Å². The Morgan fingerprint density at radius 2 is 2.38 bits per heavy atom. The fraction of sp³-hybridized carbons (Fsp3) is 0.636. The molecule has 0 saturated heterocycles. The van der Waals surface area contributed by atoms with Gasteiger partial charge in [0.25, 0.3) is 0 Å². The Labute approximate surface area is 95.6 Å². The third kappa shape index (κ3) is 3.06. The van der Waals surface area contributed by atoms with Gasteiger partial charge in [0.15, 0.2) is 11.5 Å². The minimum Gasteiger partial charge on any atom is -0.493 e. The molecule has 0 bridgehead atoms. The van der Waals surface area contributed by atoms with Crippen molar-refractivity contribution >= 4 is 5.78 Å². The third-order valence-electron chi connectivity index (χ3n) is 2.45. The molecule has 0 aliphatic carbocycles. The lowest BCUT2D eigenvalue weighted by Crippen LogP contribution is -2.15. The Balaban J connectivity index is 2.62. The zero-order valence-electron chi connectivity index (χ0n) is 10.1. The first-order valence-corrected chi connectivity index (χ1v) is 5.41. The van der Waals surface area contributed by atoms with E-state index in [2.05, 4.69) is 5.10 Å². The van der Waals surface area contributed by atoms with Crippen molar-refractivity contribution in [2.75, 3.05) is 7.11 Å². The van der Waals surface area contributed by atoms with E-state index < -0.39 is 0 Å². The molecule has 0 saturated carbocycles. The van der Waals surface area contributed by atoms with Gasteiger partial charge in [-0.3, -0.25) is 9.48 Å². The molecule has 0 aromatic carbocycles. The van der Waals surface area contributed by atoms with Crippen LogP contribution in [-0.2, 0) is 7.05 Å².